The van der Waals surface area contributed by atoms with Crippen LogP contribution in [0, 0.1) is 0 Å². The van der Waals surface area contributed by atoms with Crippen molar-refractivity contribution in [1.29, 1.82) is 0 Å². The third kappa shape index (κ3) is 4.20. The minimum atomic E-state index is 0.477. The number of hydrogen-bond acceptors (Lipinski definition) is 3. The number of pyridine rings is 1. The van der Waals surface area contributed by atoms with E-state index in [2.05, 4.69) is 26.2 Å². The molecule has 0 unspecified atom stereocenters. The van der Waals surface area contributed by atoms with E-state index >= 15 is 0 Å². The molecule has 0 aliphatic heterocycles. The fourth-order valence-electron chi connectivity index (χ4n) is 1.71. The van der Waals surface area contributed by atoms with Gasteiger partial charge in [-0.1, -0.05) is 11.6 Å². The van der Waals surface area contributed by atoms with E-state index < -0.39 is 0 Å². The van der Waals surface area contributed by atoms with Crippen LogP contribution in [0.25, 0.3) is 0 Å². The van der Waals surface area contributed by atoms with Gasteiger partial charge in [-0.05, 0) is 47.2 Å². The predicted molar refractivity (Wildman–Crippen MR) is 80.5 cm³/mol. The Morgan fingerprint density at radius 1 is 1.32 bits per heavy atom. The van der Waals surface area contributed by atoms with Crippen molar-refractivity contribution in [2.45, 2.75) is 13.2 Å². The number of halogens is 2. The molecule has 0 aliphatic rings. The molecule has 3 nitrogen and oxygen atoms in total. The highest BCUT2D eigenvalue weighted by atomic mass is 79.9. The molecule has 19 heavy (non-hydrogen) atoms. The molecule has 2 rings (SSSR count). The summed E-state index contributed by atoms with van der Waals surface area (Å²) in [5, 5.41) is 3.81. The van der Waals surface area contributed by atoms with Crippen molar-refractivity contribution < 1.29 is 4.74 Å². The van der Waals surface area contributed by atoms with Crippen molar-refractivity contribution in [3.05, 3.63) is 57.3 Å². The molecule has 0 spiro atoms. The molecule has 1 heterocycles. The predicted octanol–water partition coefficient (Wildman–Crippen LogP) is 3.80. The quantitative estimate of drug-likeness (QED) is 0.898. The van der Waals surface area contributed by atoms with Crippen LogP contribution in [0.15, 0.2) is 41.1 Å². The van der Waals surface area contributed by atoms with Gasteiger partial charge in [0.1, 0.15) is 12.4 Å². The van der Waals surface area contributed by atoms with Crippen molar-refractivity contribution in [2.24, 2.45) is 0 Å². The van der Waals surface area contributed by atoms with Crippen molar-refractivity contribution in [2.75, 3.05) is 7.05 Å². The normalized spacial score (nSPS) is 10.5. The van der Waals surface area contributed by atoms with Gasteiger partial charge in [0.05, 0.1) is 0 Å². The lowest BCUT2D eigenvalue weighted by atomic mass is 10.2. The first-order valence-corrected chi connectivity index (χ1v) is 7.01. The van der Waals surface area contributed by atoms with E-state index in [1.54, 1.807) is 12.4 Å². The second-order valence-electron chi connectivity index (χ2n) is 4.08. The summed E-state index contributed by atoms with van der Waals surface area (Å²) in [6.45, 7) is 1.19. The molecule has 1 N–H and O–H groups in total. The third-order valence-electron chi connectivity index (χ3n) is 2.55. The average molecular weight is 342 g/mol. The molecule has 5 heteroatoms. The summed E-state index contributed by atoms with van der Waals surface area (Å²) in [4.78, 5) is 4.11. The van der Waals surface area contributed by atoms with E-state index in [1.807, 2.05) is 31.3 Å². The van der Waals surface area contributed by atoms with Gasteiger partial charge in [-0.15, -0.1) is 0 Å². The Labute approximate surface area is 126 Å². The molecule has 2 aromatic rings. The molecule has 0 saturated heterocycles. The lowest BCUT2D eigenvalue weighted by molar-refractivity contribution is 0.302. The lowest BCUT2D eigenvalue weighted by Crippen LogP contribution is -2.07. The van der Waals surface area contributed by atoms with Gasteiger partial charge in [-0.25, -0.2) is 0 Å². The summed E-state index contributed by atoms with van der Waals surface area (Å²) in [7, 11) is 1.89. The van der Waals surface area contributed by atoms with Crippen LogP contribution in [0.1, 0.15) is 11.1 Å². The number of benzene rings is 1. The first kappa shape index (κ1) is 14.3. The molecule has 100 valence electrons. The van der Waals surface area contributed by atoms with Crippen molar-refractivity contribution >= 4 is 27.5 Å². The van der Waals surface area contributed by atoms with Crippen molar-refractivity contribution in [1.82, 2.24) is 10.3 Å². The Balaban J connectivity index is 2.10. The molecule has 0 fully saturated rings. The fraction of sp³-hybridized carbons (Fsp3) is 0.214. The second-order valence-corrected chi connectivity index (χ2v) is 5.43. The van der Waals surface area contributed by atoms with Crippen LogP contribution < -0.4 is 10.1 Å². The van der Waals surface area contributed by atoms with Crippen LogP contribution in [-0.4, -0.2) is 12.0 Å². The molecular formula is C14H14BrClN2O. The average Bonchev–Trinajstić information content (AvgIpc) is 2.38. The van der Waals surface area contributed by atoms with Gasteiger partial charge in [0.25, 0.3) is 0 Å². The van der Waals surface area contributed by atoms with E-state index in [-0.39, 0.29) is 0 Å². The van der Waals surface area contributed by atoms with Crippen LogP contribution in [0.2, 0.25) is 5.02 Å². The largest absolute Gasteiger partial charge is 0.489 e. The van der Waals surface area contributed by atoms with E-state index in [0.29, 0.717) is 18.2 Å². The zero-order valence-corrected chi connectivity index (χ0v) is 12.8. The smallest absolute Gasteiger partial charge is 0.124 e. The Bertz CT molecular complexity index is 563. The van der Waals surface area contributed by atoms with Gasteiger partial charge in [0.2, 0.25) is 0 Å². The summed E-state index contributed by atoms with van der Waals surface area (Å²) in [5.41, 5.74) is 2.05. The second kappa shape index (κ2) is 6.89. The topological polar surface area (TPSA) is 34.1 Å². The summed E-state index contributed by atoms with van der Waals surface area (Å²) < 4.78 is 6.77. The molecule has 0 saturated carbocycles. The van der Waals surface area contributed by atoms with Gasteiger partial charge in [0, 0.05) is 39.6 Å². The van der Waals surface area contributed by atoms with E-state index in [0.717, 1.165) is 21.3 Å². The number of aromatic nitrogens is 1. The molecule has 1 aromatic heterocycles. The number of nitrogens with one attached hydrogen (secondary N) is 1. The Hall–Kier alpha value is -1.10. The van der Waals surface area contributed by atoms with Crippen LogP contribution in [-0.2, 0) is 13.2 Å². The molecule has 0 atom stereocenters. The molecular weight excluding hydrogens is 328 g/mol. The highest BCUT2D eigenvalue weighted by molar-refractivity contribution is 9.10. The molecule has 0 bridgehead atoms. The van der Waals surface area contributed by atoms with Gasteiger partial charge >= 0.3 is 0 Å². The number of nitrogens with zero attached hydrogens (tertiary/aromatic N) is 1. The lowest BCUT2D eigenvalue weighted by Gasteiger charge is -2.12. The molecule has 0 radical (unpaired) electrons. The molecule has 1 aromatic carbocycles. The Morgan fingerprint density at radius 3 is 2.89 bits per heavy atom. The van der Waals surface area contributed by atoms with Gasteiger partial charge < -0.3 is 10.1 Å². The minimum absolute atomic E-state index is 0.477. The number of rotatable bonds is 5. The maximum absolute atomic E-state index is 5.99. The SMILES string of the molecule is CNCc1cc(Cl)ccc1OCc1cncc(Br)c1. The van der Waals surface area contributed by atoms with Crippen LogP contribution in [0.4, 0.5) is 0 Å². The maximum atomic E-state index is 5.99. The van der Waals surface area contributed by atoms with Gasteiger partial charge in [-0.3, -0.25) is 4.98 Å². The van der Waals surface area contributed by atoms with Gasteiger partial charge in [-0.2, -0.15) is 0 Å². The number of ether oxygens (including phenoxy) is 1. The zero-order chi connectivity index (χ0) is 13.7. The Kier molecular flexibility index (Phi) is 5.19. The summed E-state index contributed by atoms with van der Waals surface area (Å²) >= 11 is 9.38. The van der Waals surface area contributed by atoms with Crippen molar-refractivity contribution in [3.8, 4) is 5.75 Å². The minimum Gasteiger partial charge on any atom is -0.489 e. The monoisotopic (exact) mass is 340 g/mol. The van der Waals surface area contributed by atoms with Crippen LogP contribution in [0.3, 0.4) is 0 Å². The first-order chi connectivity index (χ1) is 9.19. The maximum Gasteiger partial charge on any atom is 0.124 e. The van der Waals surface area contributed by atoms with E-state index in [9.17, 15) is 0 Å². The zero-order valence-electron chi connectivity index (χ0n) is 10.5. The van der Waals surface area contributed by atoms with Crippen LogP contribution in [0.5, 0.6) is 5.75 Å². The number of hydrogen-bond donors (Lipinski definition) is 1. The van der Waals surface area contributed by atoms with Crippen LogP contribution >= 0.6 is 27.5 Å². The third-order valence-corrected chi connectivity index (χ3v) is 3.21. The summed E-state index contributed by atoms with van der Waals surface area (Å²) in [5.74, 6) is 0.832. The summed E-state index contributed by atoms with van der Waals surface area (Å²) in [6.07, 6.45) is 3.54. The highest BCUT2D eigenvalue weighted by Gasteiger charge is 2.05. The van der Waals surface area contributed by atoms with E-state index in [4.69, 9.17) is 16.3 Å². The Morgan fingerprint density at radius 2 is 2.16 bits per heavy atom. The first-order valence-electron chi connectivity index (χ1n) is 5.84. The fourth-order valence-corrected chi connectivity index (χ4v) is 2.32. The van der Waals surface area contributed by atoms with Gasteiger partial charge in [0.15, 0.2) is 0 Å². The molecule has 0 aliphatic carbocycles. The highest BCUT2D eigenvalue weighted by Crippen LogP contribution is 2.24. The van der Waals surface area contributed by atoms with Crippen molar-refractivity contribution in [3.63, 3.8) is 0 Å². The standard InChI is InChI=1S/C14H14BrClN2O/c1-17-7-11-5-13(16)2-3-14(11)19-9-10-4-12(15)8-18-6-10/h2-6,8,17H,7,9H2,1H3. The summed E-state index contributed by atoms with van der Waals surface area (Å²) in [6, 6.07) is 7.61. The van der Waals surface area contributed by atoms with E-state index in [1.165, 1.54) is 0 Å². The molecule has 0 amide bonds.